The van der Waals surface area contributed by atoms with Gasteiger partial charge in [0.15, 0.2) is 6.61 Å². The number of amides is 1. The molecule has 0 bridgehead atoms. The molecule has 1 aliphatic heterocycles. The molecular formula is C21H21N3O5S. The van der Waals surface area contributed by atoms with Gasteiger partial charge in [0.2, 0.25) is 0 Å². The van der Waals surface area contributed by atoms with Gasteiger partial charge in [0.1, 0.15) is 21.3 Å². The molecule has 0 fully saturated rings. The van der Waals surface area contributed by atoms with Gasteiger partial charge in [-0.1, -0.05) is 18.2 Å². The van der Waals surface area contributed by atoms with Crippen LogP contribution in [0.5, 0.6) is 5.75 Å². The monoisotopic (exact) mass is 427 g/mol. The summed E-state index contributed by atoms with van der Waals surface area (Å²) in [5.41, 5.74) is 1.25. The summed E-state index contributed by atoms with van der Waals surface area (Å²) in [6.07, 6.45) is 1.66. The summed E-state index contributed by atoms with van der Waals surface area (Å²) < 4.78 is 12.1. The molecular weight excluding hydrogens is 406 g/mol. The van der Waals surface area contributed by atoms with Crippen LogP contribution < -0.4 is 15.6 Å². The maximum Gasteiger partial charge on any atom is 0.349 e. The number of methoxy groups -OCH3 is 1. The van der Waals surface area contributed by atoms with E-state index in [4.69, 9.17) is 9.47 Å². The van der Waals surface area contributed by atoms with Crippen molar-refractivity contribution in [1.29, 1.82) is 0 Å². The van der Waals surface area contributed by atoms with Gasteiger partial charge < -0.3 is 14.8 Å². The Morgan fingerprint density at radius 3 is 2.90 bits per heavy atom. The second-order valence-corrected chi connectivity index (χ2v) is 7.99. The topological polar surface area (TPSA) is 99.5 Å². The Labute approximate surface area is 176 Å². The van der Waals surface area contributed by atoms with Gasteiger partial charge in [-0.2, -0.15) is 0 Å². The number of rotatable bonds is 6. The highest BCUT2D eigenvalue weighted by Gasteiger charge is 2.24. The molecule has 1 N–H and O–H groups in total. The average molecular weight is 427 g/mol. The second kappa shape index (κ2) is 8.27. The van der Waals surface area contributed by atoms with E-state index in [-0.39, 0.29) is 12.1 Å². The zero-order chi connectivity index (χ0) is 21.3. The lowest BCUT2D eigenvalue weighted by Gasteiger charge is -2.09. The van der Waals surface area contributed by atoms with Crippen molar-refractivity contribution in [3.05, 3.63) is 56.4 Å². The summed E-state index contributed by atoms with van der Waals surface area (Å²) in [5.74, 6) is 0.364. The molecule has 0 unspecified atom stereocenters. The number of nitrogens with zero attached hydrogens (tertiary/aromatic N) is 2. The van der Waals surface area contributed by atoms with E-state index in [1.54, 1.807) is 24.7 Å². The Morgan fingerprint density at radius 2 is 2.10 bits per heavy atom. The van der Waals surface area contributed by atoms with Crippen molar-refractivity contribution in [3.8, 4) is 5.75 Å². The lowest BCUT2D eigenvalue weighted by molar-refractivity contribution is -0.124. The van der Waals surface area contributed by atoms with Crippen molar-refractivity contribution in [2.45, 2.75) is 32.9 Å². The van der Waals surface area contributed by atoms with Gasteiger partial charge in [0.05, 0.1) is 12.5 Å². The number of ether oxygens (including phenoxy) is 2. The predicted octanol–water partition coefficient (Wildman–Crippen LogP) is 2.19. The van der Waals surface area contributed by atoms with E-state index in [1.807, 2.05) is 18.2 Å². The van der Waals surface area contributed by atoms with Crippen molar-refractivity contribution in [2.24, 2.45) is 0 Å². The van der Waals surface area contributed by atoms with Crippen LogP contribution in [-0.4, -0.2) is 35.1 Å². The molecule has 3 aromatic rings. The number of aryl methyl sites for hydroxylation is 2. The number of carbonyl (C=O) groups is 2. The van der Waals surface area contributed by atoms with Gasteiger partial charge in [-0.3, -0.25) is 14.2 Å². The standard InChI is InChI=1S/C21H21N3O5S/c1-12-17-19(23-15-8-5-9-24(15)20(17)26)30-18(12)21(27)29-11-16(25)22-10-13-6-3-4-7-14(13)28-2/h3-4,6-7H,5,8-11H2,1-2H3,(H,22,25). The van der Waals surface area contributed by atoms with Crippen LogP contribution in [-0.2, 0) is 29.0 Å². The summed E-state index contributed by atoms with van der Waals surface area (Å²) in [7, 11) is 1.56. The first-order valence-corrected chi connectivity index (χ1v) is 10.4. The molecule has 0 saturated carbocycles. The number of para-hydroxylation sites is 1. The van der Waals surface area contributed by atoms with Crippen LogP contribution in [0.15, 0.2) is 29.1 Å². The lowest BCUT2D eigenvalue weighted by atomic mass is 10.2. The first-order chi connectivity index (χ1) is 14.5. The van der Waals surface area contributed by atoms with Crippen LogP contribution in [0, 0.1) is 6.92 Å². The Hall–Kier alpha value is -3.20. The van der Waals surface area contributed by atoms with Crippen LogP contribution in [0.2, 0.25) is 0 Å². The Morgan fingerprint density at radius 1 is 1.30 bits per heavy atom. The minimum absolute atomic E-state index is 0.116. The SMILES string of the molecule is COc1ccccc1CNC(=O)COC(=O)c1sc2nc3n(c(=O)c2c1C)CCC3. The van der Waals surface area contributed by atoms with Gasteiger partial charge >= 0.3 is 5.97 Å². The minimum atomic E-state index is -0.632. The van der Waals surface area contributed by atoms with Crippen molar-refractivity contribution in [3.63, 3.8) is 0 Å². The molecule has 1 aliphatic rings. The normalized spacial score (nSPS) is 12.6. The van der Waals surface area contributed by atoms with Gasteiger partial charge in [0.25, 0.3) is 11.5 Å². The lowest BCUT2D eigenvalue weighted by Crippen LogP contribution is -2.28. The molecule has 0 atom stereocenters. The molecule has 9 heteroatoms. The van der Waals surface area contributed by atoms with Crippen molar-refractivity contribution in [1.82, 2.24) is 14.9 Å². The smallest absolute Gasteiger partial charge is 0.349 e. The van der Waals surface area contributed by atoms with E-state index >= 15 is 0 Å². The highest BCUT2D eigenvalue weighted by Crippen LogP contribution is 2.29. The van der Waals surface area contributed by atoms with E-state index in [9.17, 15) is 14.4 Å². The van der Waals surface area contributed by atoms with Crippen LogP contribution in [0.25, 0.3) is 10.2 Å². The largest absolute Gasteiger partial charge is 0.496 e. The van der Waals surface area contributed by atoms with E-state index in [1.165, 1.54) is 0 Å². The molecule has 4 rings (SSSR count). The molecule has 0 radical (unpaired) electrons. The third-order valence-corrected chi connectivity index (χ3v) is 6.27. The third-order valence-electron chi connectivity index (χ3n) is 5.10. The molecule has 0 saturated heterocycles. The fraction of sp³-hybridized carbons (Fsp3) is 0.333. The van der Waals surface area contributed by atoms with Crippen LogP contribution in [0.4, 0.5) is 0 Å². The van der Waals surface area contributed by atoms with E-state index in [0.29, 0.717) is 33.0 Å². The average Bonchev–Trinajstić information content (AvgIpc) is 3.35. The number of hydrogen-bond acceptors (Lipinski definition) is 7. The molecule has 1 amide bonds. The molecule has 3 heterocycles. The second-order valence-electron chi connectivity index (χ2n) is 6.99. The fourth-order valence-corrected chi connectivity index (χ4v) is 4.64. The number of esters is 1. The highest BCUT2D eigenvalue weighted by molar-refractivity contribution is 7.20. The molecule has 2 aromatic heterocycles. The van der Waals surface area contributed by atoms with E-state index < -0.39 is 18.5 Å². The van der Waals surface area contributed by atoms with Crippen LogP contribution in [0.1, 0.15) is 33.0 Å². The van der Waals surface area contributed by atoms with Gasteiger partial charge in [0, 0.05) is 25.1 Å². The maximum absolute atomic E-state index is 12.7. The molecule has 0 spiro atoms. The quantitative estimate of drug-likeness (QED) is 0.606. The maximum atomic E-state index is 12.7. The van der Waals surface area contributed by atoms with Gasteiger partial charge in [-0.15, -0.1) is 11.3 Å². The summed E-state index contributed by atoms with van der Waals surface area (Å²) in [4.78, 5) is 42.7. The van der Waals surface area contributed by atoms with Crippen LogP contribution >= 0.6 is 11.3 Å². The minimum Gasteiger partial charge on any atom is -0.496 e. The van der Waals surface area contributed by atoms with Crippen molar-refractivity contribution in [2.75, 3.05) is 13.7 Å². The summed E-state index contributed by atoms with van der Waals surface area (Å²) in [5, 5.41) is 3.16. The molecule has 156 valence electrons. The van der Waals surface area contributed by atoms with Gasteiger partial charge in [-0.25, -0.2) is 9.78 Å². The summed E-state index contributed by atoms with van der Waals surface area (Å²) >= 11 is 1.13. The summed E-state index contributed by atoms with van der Waals surface area (Å²) in [6, 6.07) is 7.34. The fourth-order valence-electron chi connectivity index (χ4n) is 3.56. The molecule has 1 aromatic carbocycles. The predicted molar refractivity (Wildman–Crippen MR) is 112 cm³/mol. The van der Waals surface area contributed by atoms with Crippen LogP contribution in [0.3, 0.4) is 0 Å². The third kappa shape index (κ3) is 3.68. The van der Waals surface area contributed by atoms with Gasteiger partial charge in [-0.05, 0) is 25.0 Å². The van der Waals surface area contributed by atoms with Crippen molar-refractivity contribution < 1.29 is 19.1 Å². The Balaban J connectivity index is 1.42. The molecule has 0 aliphatic carbocycles. The Kier molecular flexibility index (Phi) is 5.54. The first kappa shape index (κ1) is 20.1. The number of benzene rings is 1. The molecule has 8 nitrogen and oxygen atoms in total. The number of aromatic nitrogens is 2. The highest BCUT2D eigenvalue weighted by atomic mass is 32.1. The zero-order valence-electron chi connectivity index (χ0n) is 16.7. The van der Waals surface area contributed by atoms with Crippen molar-refractivity contribution >= 4 is 33.4 Å². The van der Waals surface area contributed by atoms with E-state index in [2.05, 4.69) is 10.3 Å². The summed E-state index contributed by atoms with van der Waals surface area (Å²) in [6.45, 7) is 2.21. The zero-order valence-corrected chi connectivity index (χ0v) is 17.5. The number of hydrogen-bond donors (Lipinski definition) is 1. The Bertz CT molecular complexity index is 1200. The number of carbonyl (C=O) groups excluding carboxylic acids is 2. The number of fused-ring (bicyclic) bond motifs is 2. The first-order valence-electron chi connectivity index (χ1n) is 9.58. The molecule has 30 heavy (non-hydrogen) atoms. The van der Waals surface area contributed by atoms with E-state index in [0.717, 1.165) is 35.6 Å². The number of nitrogens with one attached hydrogen (secondary N) is 1. The number of thiophene rings is 1.